The van der Waals surface area contributed by atoms with E-state index in [-0.39, 0.29) is 44.3 Å². The standard InChI is InChI=1S/C33H40IN5O12/c34-22-11-9-21(10-12-22)29(45)36-23(13-15-27(41)42)31(47)37-25(18-20-6-2-1-3-7-20)30(46)35-17-5-4-8-26(51-19-40)39-33(50)38-24(32(48)49)14-16-28(43)44/h1-3,6-7,9-12,19,23-26H,4-5,8,13-18H2,(H,35,46)(H,36,45)(H,37,47)(H,41,42)(H,43,44)(H,48,49)(H2,38,39,50)/t23-,24-,25-,26+/m0/s1. The predicted molar refractivity (Wildman–Crippen MR) is 187 cm³/mol. The zero-order chi connectivity index (χ0) is 37.8. The van der Waals surface area contributed by atoms with E-state index in [1.807, 2.05) is 0 Å². The van der Waals surface area contributed by atoms with Crippen molar-refractivity contribution in [3.8, 4) is 0 Å². The maximum Gasteiger partial charge on any atom is 0.326 e. The summed E-state index contributed by atoms with van der Waals surface area (Å²) >= 11 is 2.07. The number of rotatable bonds is 23. The number of aliphatic carboxylic acids is 3. The Morgan fingerprint density at radius 3 is 1.92 bits per heavy atom. The summed E-state index contributed by atoms with van der Waals surface area (Å²) in [5.41, 5.74) is 0.980. The van der Waals surface area contributed by atoms with Crippen LogP contribution in [0.4, 0.5) is 4.79 Å². The van der Waals surface area contributed by atoms with Crippen molar-refractivity contribution in [2.75, 3.05) is 6.54 Å². The lowest BCUT2D eigenvalue weighted by Crippen LogP contribution is -2.54. The van der Waals surface area contributed by atoms with Crippen molar-refractivity contribution in [2.45, 2.75) is 75.7 Å². The van der Waals surface area contributed by atoms with Crippen LogP contribution in [0.15, 0.2) is 54.6 Å². The highest BCUT2D eigenvalue weighted by Gasteiger charge is 2.28. The van der Waals surface area contributed by atoms with E-state index in [2.05, 4.69) is 49.2 Å². The Bertz CT molecular complexity index is 1510. The minimum Gasteiger partial charge on any atom is -0.481 e. The zero-order valence-corrected chi connectivity index (χ0v) is 29.5. The Morgan fingerprint density at radius 2 is 1.33 bits per heavy atom. The van der Waals surface area contributed by atoms with E-state index in [0.717, 1.165) is 3.57 Å². The molecule has 0 fully saturated rings. The maximum atomic E-state index is 13.4. The number of hydrogen-bond donors (Lipinski definition) is 8. The molecule has 0 unspecified atom stereocenters. The van der Waals surface area contributed by atoms with E-state index in [1.165, 1.54) is 0 Å². The quantitative estimate of drug-likeness (QED) is 0.0342. The summed E-state index contributed by atoms with van der Waals surface area (Å²) in [5, 5.41) is 39.6. The molecule has 2 rings (SSSR count). The summed E-state index contributed by atoms with van der Waals surface area (Å²) in [4.78, 5) is 96.3. The van der Waals surface area contributed by atoms with Gasteiger partial charge >= 0.3 is 23.9 Å². The van der Waals surface area contributed by atoms with Crippen LogP contribution in [0.25, 0.3) is 0 Å². The van der Waals surface area contributed by atoms with Gasteiger partial charge in [-0.2, -0.15) is 0 Å². The largest absolute Gasteiger partial charge is 0.481 e. The molecule has 17 nitrogen and oxygen atoms in total. The number of carbonyl (C=O) groups excluding carboxylic acids is 5. The number of halogens is 1. The van der Waals surface area contributed by atoms with Crippen LogP contribution in [0.1, 0.15) is 60.9 Å². The number of benzene rings is 2. The third kappa shape index (κ3) is 16.8. The Morgan fingerprint density at radius 1 is 0.706 bits per heavy atom. The molecular weight excluding hydrogens is 785 g/mol. The first-order chi connectivity index (χ1) is 24.3. The zero-order valence-electron chi connectivity index (χ0n) is 27.3. The number of hydrogen-bond acceptors (Lipinski definition) is 9. The van der Waals surface area contributed by atoms with Crippen molar-refractivity contribution >= 4 is 70.7 Å². The molecular formula is C33H40IN5O12. The number of carboxylic acid groups (broad SMARTS) is 3. The third-order valence-electron chi connectivity index (χ3n) is 7.25. The summed E-state index contributed by atoms with van der Waals surface area (Å²) in [7, 11) is 0. The summed E-state index contributed by atoms with van der Waals surface area (Å²) in [5.74, 6) is -5.77. The number of unbranched alkanes of at least 4 members (excludes halogenated alkanes) is 1. The number of carbonyl (C=O) groups is 8. The molecule has 5 amide bonds. The molecule has 0 heterocycles. The van der Waals surface area contributed by atoms with Gasteiger partial charge in [-0.1, -0.05) is 30.3 Å². The molecule has 0 aliphatic rings. The fourth-order valence-corrected chi connectivity index (χ4v) is 4.97. The molecule has 2 aromatic rings. The molecule has 0 aliphatic heterocycles. The molecule has 8 N–H and O–H groups in total. The fourth-order valence-electron chi connectivity index (χ4n) is 4.61. The number of amides is 5. The summed E-state index contributed by atoms with van der Waals surface area (Å²) in [6, 6.07) is 10.5. The van der Waals surface area contributed by atoms with Crippen molar-refractivity contribution in [3.63, 3.8) is 0 Å². The lowest BCUT2D eigenvalue weighted by atomic mass is 10.0. The van der Waals surface area contributed by atoms with Crippen molar-refractivity contribution < 1.29 is 58.4 Å². The van der Waals surface area contributed by atoms with Gasteiger partial charge in [0.2, 0.25) is 11.8 Å². The second kappa shape index (κ2) is 22.4. The maximum absolute atomic E-state index is 13.4. The smallest absolute Gasteiger partial charge is 0.326 e. The average Bonchev–Trinajstić information content (AvgIpc) is 3.08. The van der Waals surface area contributed by atoms with Gasteiger partial charge in [-0.3, -0.25) is 28.8 Å². The first-order valence-corrected chi connectivity index (χ1v) is 16.9. The molecule has 0 saturated carbocycles. The highest BCUT2D eigenvalue weighted by Crippen LogP contribution is 2.10. The molecule has 0 spiro atoms. The van der Waals surface area contributed by atoms with Crippen LogP contribution in [0.5, 0.6) is 0 Å². The van der Waals surface area contributed by atoms with Gasteiger partial charge in [-0.15, -0.1) is 0 Å². The van der Waals surface area contributed by atoms with Crippen LogP contribution >= 0.6 is 22.6 Å². The molecule has 276 valence electrons. The van der Waals surface area contributed by atoms with Crippen LogP contribution in [0, 0.1) is 3.57 Å². The molecule has 0 aromatic heterocycles. The predicted octanol–water partition coefficient (Wildman–Crippen LogP) is 1.38. The van der Waals surface area contributed by atoms with Crippen molar-refractivity contribution in [1.82, 2.24) is 26.6 Å². The Labute approximate surface area is 306 Å². The van der Waals surface area contributed by atoms with E-state index in [9.17, 15) is 48.6 Å². The van der Waals surface area contributed by atoms with Crippen LogP contribution in [0.3, 0.4) is 0 Å². The number of carboxylic acids is 3. The van der Waals surface area contributed by atoms with Crippen LogP contribution in [0.2, 0.25) is 0 Å². The summed E-state index contributed by atoms with van der Waals surface area (Å²) in [6.45, 7) is 0.192. The lowest BCUT2D eigenvalue weighted by Gasteiger charge is -2.23. The molecule has 0 aliphatic carbocycles. The summed E-state index contributed by atoms with van der Waals surface area (Å²) in [6.07, 6.45) is -1.90. The van der Waals surface area contributed by atoms with Gasteiger partial charge in [0.1, 0.15) is 18.1 Å². The van der Waals surface area contributed by atoms with Crippen LogP contribution in [-0.4, -0.2) is 94.4 Å². The van der Waals surface area contributed by atoms with E-state index in [4.69, 9.17) is 9.84 Å². The normalized spacial score (nSPS) is 12.9. The molecule has 2 aromatic carbocycles. The van der Waals surface area contributed by atoms with Gasteiger partial charge in [0, 0.05) is 41.4 Å². The van der Waals surface area contributed by atoms with Gasteiger partial charge < -0.3 is 46.6 Å². The highest BCUT2D eigenvalue weighted by atomic mass is 127. The monoisotopic (exact) mass is 825 g/mol. The Kier molecular flexibility index (Phi) is 18.4. The van der Waals surface area contributed by atoms with Gasteiger partial charge in [0.15, 0.2) is 6.23 Å². The number of nitrogens with one attached hydrogen (secondary N) is 5. The van der Waals surface area contributed by atoms with Gasteiger partial charge in [-0.25, -0.2) is 9.59 Å². The van der Waals surface area contributed by atoms with Crippen molar-refractivity contribution in [1.29, 1.82) is 0 Å². The molecule has 0 radical (unpaired) electrons. The molecule has 0 saturated heterocycles. The lowest BCUT2D eigenvalue weighted by molar-refractivity contribution is -0.141. The van der Waals surface area contributed by atoms with Gasteiger partial charge in [0.25, 0.3) is 12.4 Å². The first-order valence-electron chi connectivity index (χ1n) is 15.8. The van der Waals surface area contributed by atoms with E-state index in [0.29, 0.717) is 18.4 Å². The van der Waals surface area contributed by atoms with Crippen molar-refractivity contribution in [3.05, 3.63) is 69.3 Å². The molecule has 0 bridgehead atoms. The average molecular weight is 826 g/mol. The SMILES string of the molecule is O=CO[C@H](CCCCNC(=O)[C@H](Cc1ccccc1)NC(=O)[C@H](CCC(=O)O)NC(=O)c1ccc(I)cc1)NC(=O)N[C@@H](CCC(=O)O)C(=O)O. The second-order valence-corrected chi connectivity index (χ2v) is 12.4. The Balaban J connectivity index is 2.01. The summed E-state index contributed by atoms with van der Waals surface area (Å²) < 4.78 is 5.73. The first kappa shape index (κ1) is 41.9. The highest BCUT2D eigenvalue weighted by molar-refractivity contribution is 14.1. The van der Waals surface area contributed by atoms with Crippen LogP contribution < -0.4 is 26.6 Å². The van der Waals surface area contributed by atoms with Gasteiger partial charge in [-0.05, 0) is 78.1 Å². The van der Waals surface area contributed by atoms with E-state index < -0.39 is 78.9 Å². The minimum absolute atomic E-state index is 0.0740. The number of urea groups is 1. The van der Waals surface area contributed by atoms with Gasteiger partial charge in [0.05, 0.1) is 0 Å². The Hall–Kier alpha value is -5.27. The molecule has 18 heteroatoms. The molecule has 51 heavy (non-hydrogen) atoms. The number of ether oxygens (including phenoxy) is 1. The fraction of sp³-hybridized carbons (Fsp3) is 0.394. The molecule has 4 atom stereocenters. The van der Waals surface area contributed by atoms with E-state index >= 15 is 0 Å². The van der Waals surface area contributed by atoms with Crippen molar-refractivity contribution in [2.24, 2.45) is 0 Å². The minimum atomic E-state index is -1.49. The second-order valence-electron chi connectivity index (χ2n) is 11.2. The third-order valence-corrected chi connectivity index (χ3v) is 7.96. The van der Waals surface area contributed by atoms with Crippen LogP contribution in [-0.2, 0) is 39.9 Å². The van der Waals surface area contributed by atoms with E-state index in [1.54, 1.807) is 54.6 Å². The topological polar surface area (TPSA) is 267 Å².